The lowest BCUT2D eigenvalue weighted by atomic mass is 9.89. The van der Waals surface area contributed by atoms with Crippen molar-refractivity contribution in [2.45, 2.75) is 23.9 Å². The first kappa shape index (κ1) is 18.4. The average molecular weight is 383 g/mol. The van der Waals surface area contributed by atoms with Crippen LogP contribution in [0.3, 0.4) is 0 Å². The van der Waals surface area contributed by atoms with E-state index in [4.69, 9.17) is 5.14 Å². The van der Waals surface area contributed by atoms with Crippen molar-refractivity contribution in [2.24, 2.45) is 11.1 Å². The molecule has 9 heteroatoms. The van der Waals surface area contributed by atoms with Crippen molar-refractivity contribution in [3.8, 4) is 5.69 Å². The summed E-state index contributed by atoms with van der Waals surface area (Å²) in [4.78, 5) is 3.70. The van der Waals surface area contributed by atoms with Crippen LogP contribution in [-0.2, 0) is 16.2 Å². The number of nitrogens with zero attached hydrogens (tertiary/aromatic N) is 2. The molecule has 2 aromatic rings. The second-order valence-electron chi connectivity index (χ2n) is 6.05. The molecule has 1 aromatic heterocycles. The van der Waals surface area contributed by atoms with E-state index in [1.54, 1.807) is 12.2 Å². The average Bonchev–Trinajstić information content (AvgIpc) is 3.00. The SMILES string of the molecule is CC1C=CC=CC1c1nc(C(F)(F)F)cn1-c1ccc(S(N)(=O)=O)cc1. The molecule has 0 fully saturated rings. The number of aromatic nitrogens is 2. The van der Waals surface area contributed by atoms with Gasteiger partial charge in [0.1, 0.15) is 5.82 Å². The Labute approximate surface area is 148 Å². The quantitative estimate of drug-likeness (QED) is 0.883. The van der Waals surface area contributed by atoms with Gasteiger partial charge in [0.25, 0.3) is 0 Å². The molecule has 0 aliphatic heterocycles. The zero-order valence-corrected chi connectivity index (χ0v) is 14.5. The molecule has 1 aliphatic carbocycles. The van der Waals surface area contributed by atoms with Gasteiger partial charge in [0.05, 0.1) is 4.90 Å². The standard InChI is InChI=1S/C17H16F3N3O2S/c1-11-4-2-3-5-14(11)16-22-15(17(18,19)20)10-23(16)12-6-8-13(9-7-12)26(21,24)25/h2-11,14H,1H3,(H2,21,24,25). The van der Waals surface area contributed by atoms with Gasteiger partial charge in [-0.2, -0.15) is 13.2 Å². The smallest absolute Gasteiger partial charge is 0.303 e. The molecule has 26 heavy (non-hydrogen) atoms. The molecule has 1 aromatic carbocycles. The van der Waals surface area contributed by atoms with E-state index in [-0.39, 0.29) is 22.6 Å². The Morgan fingerprint density at radius 2 is 1.73 bits per heavy atom. The van der Waals surface area contributed by atoms with Crippen molar-refractivity contribution in [3.63, 3.8) is 0 Å². The summed E-state index contributed by atoms with van der Waals surface area (Å²) in [5.74, 6) is -0.145. The van der Waals surface area contributed by atoms with Crippen molar-refractivity contribution in [3.05, 3.63) is 66.3 Å². The third kappa shape index (κ3) is 3.58. The Morgan fingerprint density at radius 1 is 1.12 bits per heavy atom. The summed E-state index contributed by atoms with van der Waals surface area (Å²) in [6.45, 7) is 1.89. The minimum atomic E-state index is -4.59. The lowest BCUT2D eigenvalue weighted by Crippen LogP contribution is -2.14. The fraction of sp³-hybridized carbons (Fsp3) is 0.235. The van der Waals surface area contributed by atoms with Crippen LogP contribution in [0.2, 0.25) is 0 Å². The van der Waals surface area contributed by atoms with Crippen molar-refractivity contribution < 1.29 is 21.6 Å². The Kier molecular flexibility index (Phi) is 4.53. The molecule has 2 atom stereocenters. The predicted octanol–water partition coefficient (Wildman–Crippen LogP) is 3.38. The fourth-order valence-electron chi connectivity index (χ4n) is 2.81. The van der Waals surface area contributed by atoms with Crippen molar-refractivity contribution in [1.82, 2.24) is 9.55 Å². The molecule has 2 unspecified atom stereocenters. The zero-order valence-electron chi connectivity index (χ0n) is 13.7. The summed E-state index contributed by atoms with van der Waals surface area (Å²) in [5.41, 5.74) is -0.635. The third-order valence-electron chi connectivity index (χ3n) is 4.18. The van der Waals surface area contributed by atoms with E-state index < -0.39 is 21.9 Å². The molecule has 0 bridgehead atoms. The summed E-state index contributed by atoms with van der Waals surface area (Å²) in [6.07, 6.45) is 3.61. The highest BCUT2D eigenvalue weighted by Gasteiger charge is 2.36. The number of alkyl halides is 3. The number of benzene rings is 1. The highest BCUT2D eigenvalue weighted by molar-refractivity contribution is 7.89. The van der Waals surface area contributed by atoms with Gasteiger partial charge in [0, 0.05) is 17.8 Å². The van der Waals surface area contributed by atoms with Crippen LogP contribution in [0.25, 0.3) is 5.69 Å². The van der Waals surface area contributed by atoms with E-state index in [0.717, 1.165) is 6.20 Å². The number of halogens is 3. The fourth-order valence-corrected chi connectivity index (χ4v) is 3.32. The van der Waals surface area contributed by atoms with Crippen LogP contribution >= 0.6 is 0 Å². The van der Waals surface area contributed by atoms with Gasteiger partial charge in [-0.1, -0.05) is 31.2 Å². The van der Waals surface area contributed by atoms with Crippen LogP contribution in [0.4, 0.5) is 13.2 Å². The molecular weight excluding hydrogens is 367 g/mol. The predicted molar refractivity (Wildman–Crippen MR) is 90.1 cm³/mol. The van der Waals surface area contributed by atoms with Gasteiger partial charge < -0.3 is 4.57 Å². The summed E-state index contributed by atoms with van der Waals surface area (Å²) in [7, 11) is -3.88. The summed E-state index contributed by atoms with van der Waals surface area (Å²) in [6, 6.07) is 5.31. The molecule has 138 valence electrons. The maximum Gasteiger partial charge on any atom is 0.434 e. The second kappa shape index (κ2) is 6.40. The lowest BCUT2D eigenvalue weighted by Gasteiger charge is -2.21. The Morgan fingerprint density at radius 3 is 2.27 bits per heavy atom. The first-order valence-corrected chi connectivity index (χ1v) is 9.27. The first-order chi connectivity index (χ1) is 12.1. The number of allylic oxidation sites excluding steroid dienone is 4. The molecule has 0 spiro atoms. The topological polar surface area (TPSA) is 78.0 Å². The zero-order chi connectivity index (χ0) is 19.1. The van der Waals surface area contributed by atoms with Crippen LogP contribution in [0.15, 0.2) is 59.7 Å². The highest BCUT2D eigenvalue weighted by Crippen LogP contribution is 2.35. The van der Waals surface area contributed by atoms with E-state index in [9.17, 15) is 21.6 Å². The first-order valence-electron chi connectivity index (χ1n) is 7.72. The molecule has 3 rings (SSSR count). The summed E-state index contributed by atoms with van der Waals surface area (Å²) < 4.78 is 63.6. The minimum Gasteiger partial charge on any atom is -0.303 e. The Balaban J connectivity index is 2.12. The van der Waals surface area contributed by atoms with E-state index in [0.29, 0.717) is 5.69 Å². The van der Waals surface area contributed by atoms with E-state index in [2.05, 4.69) is 4.98 Å². The second-order valence-corrected chi connectivity index (χ2v) is 7.61. The van der Waals surface area contributed by atoms with Crippen molar-refractivity contribution >= 4 is 10.0 Å². The number of rotatable bonds is 3. The van der Waals surface area contributed by atoms with E-state index in [1.165, 1.54) is 28.8 Å². The molecule has 1 heterocycles. The Hall–Kier alpha value is -2.39. The normalized spacial score (nSPS) is 20.5. The van der Waals surface area contributed by atoms with Crippen LogP contribution in [0.5, 0.6) is 0 Å². The largest absolute Gasteiger partial charge is 0.434 e. The number of imidazole rings is 1. The summed E-state index contributed by atoms with van der Waals surface area (Å²) >= 11 is 0. The van der Waals surface area contributed by atoms with Gasteiger partial charge in [-0.05, 0) is 30.2 Å². The van der Waals surface area contributed by atoms with Crippen LogP contribution in [0.1, 0.15) is 24.4 Å². The number of hydrogen-bond donors (Lipinski definition) is 1. The van der Waals surface area contributed by atoms with E-state index in [1.807, 2.05) is 19.1 Å². The van der Waals surface area contributed by atoms with Gasteiger partial charge in [-0.3, -0.25) is 0 Å². The van der Waals surface area contributed by atoms with Crippen LogP contribution in [0, 0.1) is 5.92 Å². The molecular formula is C17H16F3N3O2S. The molecule has 2 N–H and O–H groups in total. The van der Waals surface area contributed by atoms with Crippen LogP contribution in [-0.4, -0.2) is 18.0 Å². The van der Waals surface area contributed by atoms with Gasteiger partial charge in [-0.15, -0.1) is 0 Å². The van der Waals surface area contributed by atoms with Gasteiger partial charge >= 0.3 is 6.18 Å². The number of hydrogen-bond acceptors (Lipinski definition) is 3. The van der Waals surface area contributed by atoms with Crippen molar-refractivity contribution in [1.29, 1.82) is 0 Å². The maximum atomic E-state index is 13.2. The maximum absolute atomic E-state index is 13.2. The molecule has 0 amide bonds. The number of primary sulfonamides is 1. The van der Waals surface area contributed by atoms with E-state index >= 15 is 0 Å². The van der Waals surface area contributed by atoms with Crippen molar-refractivity contribution in [2.75, 3.05) is 0 Å². The van der Waals surface area contributed by atoms with Gasteiger partial charge in [-0.25, -0.2) is 18.5 Å². The molecule has 0 saturated carbocycles. The summed E-state index contributed by atoms with van der Waals surface area (Å²) in [5, 5.41) is 5.06. The minimum absolute atomic E-state index is 0.0362. The molecule has 1 aliphatic rings. The lowest BCUT2D eigenvalue weighted by molar-refractivity contribution is -0.141. The number of sulfonamides is 1. The molecule has 0 radical (unpaired) electrons. The monoisotopic (exact) mass is 383 g/mol. The van der Waals surface area contributed by atoms with Gasteiger partial charge in [0.2, 0.25) is 10.0 Å². The van der Waals surface area contributed by atoms with Gasteiger partial charge in [0.15, 0.2) is 5.69 Å². The molecule has 0 saturated heterocycles. The van der Waals surface area contributed by atoms with Crippen LogP contribution < -0.4 is 5.14 Å². The molecule has 5 nitrogen and oxygen atoms in total. The number of nitrogens with two attached hydrogens (primary N) is 1. The highest BCUT2D eigenvalue weighted by atomic mass is 32.2. The third-order valence-corrected chi connectivity index (χ3v) is 5.11. The Bertz CT molecular complexity index is 974.